The molecule has 0 aromatic heterocycles. The molecule has 0 N–H and O–H groups in total. The zero-order valence-corrected chi connectivity index (χ0v) is 6.01. The summed E-state index contributed by atoms with van der Waals surface area (Å²) in [6.07, 6.45) is 1.55. The molecule has 1 atom stereocenters. The Kier molecular flexibility index (Phi) is 3.74. The van der Waals surface area contributed by atoms with Gasteiger partial charge in [0.15, 0.2) is 0 Å². The number of nitriles is 1. The first-order valence-electron chi connectivity index (χ1n) is 2.81. The molecule has 1 unspecified atom stereocenters. The molecular formula is C7H11NO. The van der Waals surface area contributed by atoms with E-state index >= 15 is 0 Å². The van der Waals surface area contributed by atoms with Gasteiger partial charge in [0.2, 0.25) is 0 Å². The largest absolute Gasteiger partial charge is 0.377 e. The molecule has 50 valence electrons. The van der Waals surface area contributed by atoms with Gasteiger partial charge < -0.3 is 4.74 Å². The van der Waals surface area contributed by atoms with E-state index in [0.717, 1.165) is 5.57 Å². The predicted molar refractivity (Wildman–Crippen MR) is 35.8 cm³/mol. The lowest BCUT2D eigenvalue weighted by molar-refractivity contribution is 0.147. The lowest BCUT2D eigenvalue weighted by Crippen LogP contribution is -2.05. The smallest absolute Gasteiger partial charge is 0.0912 e. The summed E-state index contributed by atoms with van der Waals surface area (Å²) >= 11 is 0. The third-order valence-electron chi connectivity index (χ3n) is 1.29. The number of methoxy groups -OCH3 is 1. The van der Waals surface area contributed by atoms with Gasteiger partial charge in [-0.05, 0) is 19.4 Å². The summed E-state index contributed by atoms with van der Waals surface area (Å²) in [6.45, 7) is 3.78. The van der Waals surface area contributed by atoms with Crippen molar-refractivity contribution in [3.05, 3.63) is 11.6 Å². The van der Waals surface area contributed by atoms with Crippen LogP contribution in [-0.4, -0.2) is 13.2 Å². The molecule has 0 spiro atoms. The fourth-order valence-electron chi connectivity index (χ4n) is 0.405. The Balaban J connectivity index is 3.89. The molecule has 0 aromatic rings. The van der Waals surface area contributed by atoms with Crippen LogP contribution in [0.2, 0.25) is 0 Å². The Hall–Kier alpha value is -0.810. The number of rotatable bonds is 2. The molecule has 0 aliphatic carbocycles. The highest BCUT2D eigenvalue weighted by atomic mass is 16.5. The second kappa shape index (κ2) is 4.11. The second-order valence-corrected chi connectivity index (χ2v) is 1.90. The topological polar surface area (TPSA) is 33.0 Å². The van der Waals surface area contributed by atoms with E-state index in [1.165, 1.54) is 6.08 Å². The Bertz CT molecular complexity index is 143. The summed E-state index contributed by atoms with van der Waals surface area (Å²) in [5.74, 6) is 0. The lowest BCUT2D eigenvalue weighted by atomic mass is 10.2. The van der Waals surface area contributed by atoms with Crippen molar-refractivity contribution in [1.29, 1.82) is 5.26 Å². The van der Waals surface area contributed by atoms with Crippen LogP contribution in [0.15, 0.2) is 11.6 Å². The predicted octanol–water partition coefficient (Wildman–Crippen LogP) is 1.49. The van der Waals surface area contributed by atoms with Crippen LogP contribution in [0.25, 0.3) is 0 Å². The van der Waals surface area contributed by atoms with Crippen LogP contribution in [0.4, 0.5) is 0 Å². The Morgan fingerprint density at radius 1 is 1.78 bits per heavy atom. The number of nitrogens with zero attached hydrogens (tertiary/aromatic N) is 1. The minimum Gasteiger partial charge on any atom is -0.377 e. The van der Waals surface area contributed by atoms with E-state index in [1.54, 1.807) is 7.11 Å². The van der Waals surface area contributed by atoms with Gasteiger partial charge in [0.05, 0.1) is 12.2 Å². The van der Waals surface area contributed by atoms with Crippen LogP contribution in [0, 0.1) is 11.3 Å². The van der Waals surface area contributed by atoms with Crippen LogP contribution < -0.4 is 0 Å². The quantitative estimate of drug-likeness (QED) is 0.524. The average molecular weight is 125 g/mol. The number of hydrogen-bond acceptors (Lipinski definition) is 2. The summed E-state index contributed by atoms with van der Waals surface area (Å²) in [6, 6.07) is 1.94. The van der Waals surface area contributed by atoms with Crippen molar-refractivity contribution in [2.75, 3.05) is 7.11 Å². The molecule has 0 saturated heterocycles. The van der Waals surface area contributed by atoms with Gasteiger partial charge in [-0.3, -0.25) is 0 Å². The van der Waals surface area contributed by atoms with E-state index in [9.17, 15) is 0 Å². The molecule has 2 heteroatoms. The second-order valence-electron chi connectivity index (χ2n) is 1.90. The third kappa shape index (κ3) is 2.89. The monoisotopic (exact) mass is 125 g/mol. The maximum absolute atomic E-state index is 8.20. The minimum atomic E-state index is 0.0599. The van der Waals surface area contributed by atoms with E-state index in [4.69, 9.17) is 10.00 Å². The summed E-state index contributed by atoms with van der Waals surface area (Å²) in [5, 5.41) is 8.20. The molecule has 0 aliphatic rings. The molecule has 0 rings (SSSR count). The van der Waals surface area contributed by atoms with Crippen LogP contribution in [0.1, 0.15) is 13.8 Å². The summed E-state index contributed by atoms with van der Waals surface area (Å²) in [5.41, 5.74) is 0.958. The minimum absolute atomic E-state index is 0.0599. The molecular weight excluding hydrogens is 114 g/mol. The SMILES string of the molecule is COC(C)/C(C)=C/C#N. The van der Waals surface area contributed by atoms with Gasteiger partial charge in [-0.25, -0.2) is 0 Å². The summed E-state index contributed by atoms with van der Waals surface area (Å²) in [7, 11) is 1.62. The van der Waals surface area contributed by atoms with Gasteiger partial charge in [-0.1, -0.05) is 0 Å². The zero-order chi connectivity index (χ0) is 7.28. The van der Waals surface area contributed by atoms with Gasteiger partial charge in [-0.15, -0.1) is 0 Å². The van der Waals surface area contributed by atoms with Crippen LogP contribution in [-0.2, 0) is 4.74 Å². The van der Waals surface area contributed by atoms with Crippen molar-refractivity contribution >= 4 is 0 Å². The molecule has 0 heterocycles. The fraction of sp³-hybridized carbons (Fsp3) is 0.571. The zero-order valence-electron chi connectivity index (χ0n) is 6.01. The van der Waals surface area contributed by atoms with Crippen molar-refractivity contribution in [2.24, 2.45) is 0 Å². The number of ether oxygens (including phenoxy) is 1. The van der Waals surface area contributed by atoms with Gasteiger partial charge in [0, 0.05) is 13.2 Å². The fourth-order valence-corrected chi connectivity index (χ4v) is 0.405. The summed E-state index contributed by atoms with van der Waals surface area (Å²) in [4.78, 5) is 0. The van der Waals surface area contributed by atoms with Crippen molar-refractivity contribution in [3.8, 4) is 6.07 Å². The third-order valence-corrected chi connectivity index (χ3v) is 1.29. The molecule has 0 amide bonds. The number of allylic oxidation sites excluding steroid dienone is 1. The normalized spacial score (nSPS) is 14.7. The van der Waals surface area contributed by atoms with Crippen LogP contribution in [0.3, 0.4) is 0 Å². The van der Waals surface area contributed by atoms with Gasteiger partial charge >= 0.3 is 0 Å². The first-order chi connectivity index (χ1) is 4.22. The lowest BCUT2D eigenvalue weighted by Gasteiger charge is -2.06. The van der Waals surface area contributed by atoms with Crippen LogP contribution in [0.5, 0.6) is 0 Å². The first kappa shape index (κ1) is 8.19. The maximum atomic E-state index is 8.20. The van der Waals surface area contributed by atoms with Crippen LogP contribution >= 0.6 is 0 Å². The molecule has 0 radical (unpaired) electrons. The average Bonchev–Trinajstić information content (AvgIpc) is 1.87. The standard InChI is InChI=1S/C7H11NO/c1-6(4-5-8)7(2)9-3/h4,7H,1-3H3/b6-4+. The number of hydrogen-bond donors (Lipinski definition) is 0. The van der Waals surface area contributed by atoms with E-state index in [2.05, 4.69) is 0 Å². The van der Waals surface area contributed by atoms with Gasteiger partial charge in [-0.2, -0.15) is 5.26 Å². The Morgan fingerprint density at radius 3 is 2.67 bits per heavy atom. The molecule has 0 aliphatic heterocycles. The van der Waals surface area contributed by atoms with Crippen molar-refractivity contribution in [1.82, 2.24) is 0 Å². The van der Waals surface area contributed by atoms with Gasteiger partial charge in [0.25, 0.3) is 0 Å². The molecule has 0 saturated carbocycles. The van der Waals surface area contributed by atoms with E-state index in [-0.39, 0.29) is 6.10 Å². The molecule has 0 bridgehead atoms. The summed E-state index contributed by atoms with van der Waals surface area (Å²) < 4.78 is 4.95. The molecule has 0 aromatic carbocycles. The van der Waals surface area contributed by atoms with Gasteiger partial charge in [0.1, 0.15) is 0 Å². The molecule has 0 fully saturated rings. The highest BCUT2D eigenvalue weighted by Gasteiger charge is 1.98. The highest BCUT2D eigenvalue weighted by Crippen LogP contribution is 2.01. The first-order valence-corrected chi connectivity index (χ1v) is 2.81. The van der Waals surface area contributed by atoms with Crippen molar-refractivity contribution in [2.45, 2.75) is 20.0 Å². The molecule has 2 nitrogen and oxygen atoms in total. The van der Waals surface area contributed by atoms with E-state index in [1.807, 2.05) is 19.9 Å². The van der Waals surface area contributed by atoms with Crippen molar-refractivity contribution in [3.63, 3.8) is 0 Å². The van der Waals surface area contributed by atoms with E-state index < -0.39 is 0 Å². The van der Waals surface area contributed by atoms with Crippen molar-refractivity contribution < 1.29 is 4.74 Å². The Morgan fingerprint density at radius 2 is 2.33 bits per heavy atom. The Labute approximate surface area is 55.7 Å². The van der Waals surface area contributed by atoms with E-state index in [0.29, 0.717) is 0 Å². The maximum Gasteiger partial charge on any atom is 0.0912 e. The molecule has 9 heavy (non-hydrogen) atoms. The highest BCUT2D eigenvalue weighted by molar-refractivity contribution is 5.14.